The Labute approximate surface area is 193 Å². The third-order valence-corrected chi connectivity index (χ3v) is 5.11. The van der Waals surface area contributed by atoms with Crippen LogP contribution < -0.4 is 16.4 Å². The number of amides is 1. The van der Waals surface area contributed by atoms with Gasteiger partial charge in [-0.2, -0.15) is 0 Å². The van der Waals surface area contributed by atoms with Crippen LogP contribution in [0.3, 0.4) is 0 Å². The van der Waals surface area contributed by atoms with Crippen molar-refractivity contribution in [3.63, 3.8) is 0 Å². The molecular weight excluding hydrogens is 449 g/mol. The van der Waals surface area contributed by atoms with Crippen LogP contribution in [0.5, 0.6) is 5.75 Å². The normalized spacial score (nSPS) is 10.7. The predicted molar refractivity (Wildman–Crippen MR) is 123 cm³/mol. The zero-order valence-electron chi connectivity index (χ0n) is 17.2. The number of anilines is 3. The molecule has 0 unspecified atom stereocenters. The Balaban J connectivity index is 1.54. The van der Waals surface area contributed by atoms with E-state index in [1.165, 1.54) is 18.3 Å². The van der Waals surface area contributed by atoms with E-state index in [-0.39, 0.29) is 23.9 Å². The summed E-state index contributed by atoms with van der Waals surface area (Å²) < 4.78 is 18.2. The SMILES string of the molecule is Nc1nc(-c2cc(Nc3ccc(Cl)cc3CF)ccc2O)ccc1CNC(=O)c1ccno1. The number of aromatic hydroxyl groups is 1. The minimum absolute atomic E-state index is 0.000596. The van der Waals surface area contributed by atoms with Gasteiger partial charge in [0.15, 0.2) is 0 Å². The number of benzene rings is 2. The van der Waals surface area contributed by atoms with E-state index in [4.69, 9.17) is 21.9 Å². The van der Waals surface area contributed by atoms with E-state index >= 15 is 0 Å². The van der Waals surface area contributed by atoms with E-state index in [2.05, 4.69) is 20.8 Å². The van der Waals surface area contributed by atoms with Crippen LogP contribution in [0.4, 0.5) is 21.6 Å². The van der Waals surface area contributed by atoms with Crippen molar-refractivity contribution in [3.8, 4) is 17.0 Å². The highest BCUT2D eigenvalue weighted by Gasteiger charge is 2.13. The zero-order chi connectivity index (χ0) is 23.4. The molecule has 2 aromatic carbocycles. The van der Waals surface area contributed by atoms with Crippen LogP contribution in [0.15, 0.2) is 65.3 Å². The molecule has 2 aromatic heterocycles. The fraction of sp³-hybridized carbons (Fsp3) is 0.0870. The van der Waals surface area contributed by atoms with Crippen LogP contribution >= 0.6 is 11.6 Å². The van der Waals surface area contributed by atoms with Gasteiger partial charge >= 0.3 is 0 Å². The van der Waals surface area contributed by atoms with Gasteiger partial charge < -0.3 is 26.0 Å². The molecule has 10 heteroatoms. The van der Waals surface area contributed by atoms with Crippen LogP contribution in [-0.4, -0.2) is 21.2 Å². The molecule has 0 aliphatic carbocycles. The summed E-state index contributed by atoms with van der Waals surface area (Å²) in [6.45, 7) is -0.546. The standard InChI is InChI=1S/C23H19ClFN5O3/c24-15-2-5-18(14(9-15)11-25)29-16-3-6-20(31)17(10-16)19-4-1-13(22(26)30-19)12-27-23(32)21-7-8-28-33-21/h1-10,29,31H,11-12H2,(H2,26,30)(H,27,32). The molecular formula is C23H19ClFN5O3. The second-order valence-corrected chi connectivity index (χ2v) is 7.53. The molecule has 0 saturated heterocycles. The number of pyridine rings is 1. The van der Waals surface area contributed by atoms with Crippen LogP contribution in [-0.2, 0) is 13.2 Å². The van der Waals surface area contributed by atoms with Gasteiger partial charge in [-0.25, -0.2) is 9.37 Å². The Morgan fingerprint density at radius 1 is 1.12 bits per heavy atom. The first kappa shape index (κ1) is 22.1. The van der Waals surface area contributed by atoms with Crippen molar-refractivity contribution < 1.29 is 18.8 Å². The van der Waals surface area contributed by atoms with Gasteiger partial charge in [0.2, 0.25) is 5.76 Å². The number of phenols is 1. The molecule has 2 heterocycles. The molecule has 168 valence electrons. The number of alkyl halides is 1. The smallest absolute Gasteiger partial charge is 0.290 e. The molecule has 0 fully saturated rings. The number of nitrogens with one attached hydrogen (secondary N) is 2. The van der Waals surface area contributed by atoms with Gasteiger partial charge in [0.05, 0.1) is 11.9 Å². The lowest BCUT2D eigenvalue weighted by atomic mass is 10.1. The largest absolute Gasteiger partial charge is 0.507 e. The van der Waals surface area contributed by atoms with Crippen molar-refractivity contribution >= 4 is 34.7 Å². The number of hydrogen-bond donors (Lipinski definition) is 4. The third-order valence-electron chi connectivity index (χ3n) is 4.88. The quantitative estimate of drug-likeness (QED) is 0.287. The monoisotopic (exact) mass is 467 g/mol. The lowest BCUT2D eigenvalue weighted by molar-refractivity contribution is 0.0914. The molecule has 0 atom stereocenters. The summed E-state index contributed by atoms with van der Waals surface area (Å²) in [4.78, 5) is 16.4. The summed E-state index contributed by atoms with van der Waals surface area (Å²) in [6.07, 6.45) is 1.38. The van der Waals surface area contributed by atoms with Crippen LogP contribution in [0.1, 0.15) is 21.7 Å². The van der Waals surface area contributed by atoms with Gasteiger partial charge in [-0.05, 0) is 42.5 Å². The summed E-state index contributed by atoms with van der Waals surface area (Å²) in [5.41, 5.74) is 9.12. The van der Waals surface area contributed by atoms with Crippen molar-refractivity contribution in [3.05, 3.63) is 82.7 Å². The Hall–Kier alpha value is -4.11. The summed E-state index contributed by atoms with van der Waals surface area (Å²) in [5.74, 6) is -0.146. The predicted octanol–water partition coefficient (Wildman–Crippen LogP) is 4.82. The lowest BCUT2D eigenvalue weighted by Gasteiger charge is -2.13. The molecule has 0 radical (unpaired) electrons. The molecule has 0 saturated carbocycles. The fourth-order valence-corrected chi connectivity index (χ4v) is 3.36. The van der Waals surface area contributed by atoms with Crippen molar-refractivity contribution in [2.75, 3.05) is 11.1 Å². The molecule has 5 N–H and O–H groups in total. The highest BCUT2D eigenvalue weighted by Crippen LogP contribution is 2.33. The van der Waals surface area contributed by atoms with E-state index in [9.17, 15) is 14.3 Å². The molecule has 1 amide bonds. The Bertz CT molecular complexity index is 1300. The summed E-state index contributed by atoms with van der Waals surface area (Å²) in [7, 11) is 0. The van der Waals surface area contributed by atoms with Crippen molar-refractivity contribution in [2.45, 2.75) is 13.2 Å². The maximum Gasteiger partial charge on any atom is 0.290 e. The zero-order valence-corrected chi connectivity index (χ0v) is 17.9. The highest BCUT2D eigenvalue weighted by atomic mass is 35.5. The van der Waals surface area contributed by atoms with Crippen molar-refractivity contribution in [2.24, 2.45) is 0 Å². The van der Waals surface area contributed by atoms with E-state index in [0.717, 1.165) is 0 Å². The number of hydrogen-bond acceptors (Lipinski definition) is 7. The summed E-state index contributed by atoms with van der Waals surface area (Å²) in [5, 5.41) is 20.1. The molecule has 0 aliphatic heterocycles. The molecule has 33 heavy (non-hydrogen) atoms. The first-order valence-corrected chi connectivity index (χ1v) is 10.2. The number of aromatic nitrogens is 2. The number of phenolic OH excluding ortho intramolecular Hbond substituents is 1. The van der Waals surface area contributed by atoms with Crippen LogP contribution in [0.2, 0.25) is 5.02 Å². The van der Waals surface area contributed by atoms with Gasteiger partial charge in [-0.3, -0.25) is 4.79 Å². The van der Waals surface area contributed by atoms with Crippen LogP contribution in [0.25, 0.3) is 11.3 Å². The maximum atomic E-state index is 13.4. The van der Waals surface area contributed by atoms with E-state index in [1.54, 1.807) is 42.5 Å². The number of nitrogen functional groups attached to an aromatic ring is 1. The minimum Gasteiger partial charge on any atom is -0.507 e. The van der Waals surface area contributed by atoms with Gasteiger partial charge in [-0.1, -0.05) is 22.8 Å². The Kier molecular flexibility index (Phi) is 6.41. The molecule has 0 bridgehead atoms. The molecule has 0 spiro atoms. The van der Waals surface area contributed by atoms with Gasteiger partial charge in [0, 0.05) is 45.7 Å². The first-order valence-electron chi connectivity index (χ1n) is 9.83. The maximum absolute atomic E-state index is 13.4. The van der Waals surface area contributed by atoms with Gasteiger partial charge in [0.25, 0.3) is 5.91 Å². The lowest BCUT2D eigenvalue weighted by Crippen LogP contribution is -2.23. The Morgan fingerprint density at radius 2 is 1.97 bits per heavy atom. The number of nitrogens with two attached hydrogens (primary N) is 1. The molecule has 4 rings (SSSR count). The number of halogens is 2. The minimum atomic E-state index is -0.680. The summed E-state index contributed by atoms with van der Waals surface area (Å²) >= 11 is 5.94. The first-order chi connectivity index (χ1) is 15.9. The number of nitrogens with zero attached hydrogens (tertiary/aromatic N) is 2. The van der Waals surface area contributed by atoms with E-state index in [1.807, 2.05) is 0 Å². The molecule has 8 nitrogen and oxygen atoms in total. The fourth-order valence-electron chi connectivity index (χ4n) is 3.17. The second-order valence-electron chi connectivity index (χ2n) is 7.09. The van der Waals surface area contributed by atoms with E-state index in [0.29, 0.717) is 38.8 Å². The van der Waals surface area contributed by atoms with Crippen LogP contribution in [0, 0.1) is 0 Å². The number of rotatable bonds is 7. The van der Waals surface area contributed by atoms with Gasteiger partial charge in [0.1, 0.15) is 18.2 Å². The van der Waals surface area contributed by atoms with Crippen molar-refractivity contribution in [1.29, 1.82) is 0 Å². The molecule has 4 aromatic rings. The number of carbonyl (C=O) groups excluding carboxylic acids is 1. The third kappa shape index (κ3) is 5.04. The summed E-state index contributed by atoms with van der Waals surface area (Å²) in [6, 6.07) is 14.6. The highest BCUT2D eigenvalue weighted by molar-refractivity contribution is 6.30. The topological polar surface area (TPSA) is 126 Å². The molecule has 0 aliphatic rings. The van der Waals surface area contributed by atoms with Gasteiger partial charge in [-0.15, -0.1) is 0 Å². The average molecular weight is 468 g/mol. The van der Waals surface area contributed by atoms with Crippen molar-refractivity contribution in [1.82, 2.24) is 15.5 Å². The Morgan fingerprint density at radius 3 is 2.70 bits per heavy atom. The number of carbonyl (C=O) groups is 1. The average Bonchev–Trinajstić information content (AvgIpc) is 3.35. The van der Waals surface area contributed by atoms with E-state index < -0.39 is 12.6 Å². The second kappa shape index (κ2) is 9.58.